The number of aromatic nitrogens is 3. The minimum atomic E-state index is -0.505. The number of urea groups is 1. The minimum absolute atomic E-state index is 0.0338. The van der Waals surface area contributed by atoms with E-state index in [-0.39, 0.29) is 58.2 Å². The van der Waals surface area contributed by atoms with Crippen LogP contribution in [0.4, 0.5) is 15.0 Å². The molecule has 2 spiro atoms. The van der Waals surface area contributed by atoms with Gasteiger partial charge in [0.15, 0.2) is 5.82 Å². The summed E-state index contributed by atoms with van der Waals surface area (Å²) in [5.41, 5.74) is 0.346. The number of carbonyl (C=O) groups is 2. The third kappa shape index (κ3) is 6.89. The van der Waals surface area contributed by atoms with Crippen LogP contribution in [0, 0.1) is 17.2 Å². The monoisotopic (exact) mass is 650 g/mol. The van der Waals surface area contributed by atoms with Crippen LogP contribution < -0.4 is 15.0 Å². The fourth-order valence-electron chi connectivity index (χ4n) is 8.26. The average Bonchev–Trinajstić information content (AvgIpc) is 3.34. The van der Waals surface area contributed by atoms with E-state index < -0.39 is 5.82 Å². The van der Waals surface area contributed by atoms with Crippen LogP contribution >= 0.6 is 0 Å². The second kappa shape index (κ2) is 13.2. The number of nitrogens with zero attached hydrogens (tertiary/aromatic N) is 7. The van der Waals surface area contributed by atoms with Gasteiger partial charge in [-0.3, -0.25) is 4.79 Å². The van der Waals surface area contributed by atoms with Gasteiger partial charge in [-0.15, -0.1) is 10.2 Å². The quantitative estimate of drug-likeness (QED) is 0.389. The Labute approximate surface area is 278 Å². The number of hydrogen-bond donors (Lipinski definition) is 1. The van der Waals surface area contributed by atoms with Gasteiger partial charge in [0.2, 0.25) is 0 Å². The van der Waals surface area contributed by atoms with Gasteiger partial charge < -0.3 is 29.7 Å². The molecule has 2 aromatic rings. The van der Waals surface area contributed by atoms with Gasteiger partial charge in [0.1, 0.15) is 17.9 Å². The molecule has 1 saturated carbocycles. The molecule has 6 rings (SSSR count). The van der Waals surface area contributed by atoms with Crippen molar-refractivity contribution in [2.75, 3.05) is 44.2 Å². The number of halogens is 1. The van der Waals surface area contributed by atoms with E-state index in [0.29, 0.717) is 11.7 Å². The lowest BCUT2D eigenvalue weighted by Gasteiger charge is -2.54. The summed E-state index contributed by atoms with van der Waals surface area (Å²) in [4.78, 5) is 39.0. The molecule has 4 aliphatic rings. The van der Waals surface area contributed by atoms with Crippen LogP contribution in [0.1, 0.15) is 90.4 Å². The molecule has 47 heavy (non-hydrogen) atoms. The number of anilines is 1. The molecule has 0 bridgehead atoms. The van der Waals surface area contributed by atoms with E-state index in [9.17, 15) is 14.0 Å². The number of nitrogens with one attached hydrogen (secondary N) is 1. The molecule has 0 radical (unpaired) electrons. The first-order chi connectivity index (χ1) is 22.4. The highest BCUT2D eigenvalue weighted by Gasteiger charge is 2.48. The molecule has 0 unspecified atom stereocenters. The summed E-state index contributed by atoms with van der Waals surface area (Å²) >= 11 is 0. The van der Waals surface area contributed by atoms with E-state index in [2.05, 4.69) is 44.1 Å². The molecule has 1 aromatic carbocycles. The zero-order chi connectivity index (χ0) is 33.5. The van der Waals surface area contributed by atoms with Crippen molar-refractivity contribution in [3.05, 3.63) is 35.9 Å². The van der Waals surface area contributed by atoms with Crippen molar-refractivity contribution < 1.29 is 18.7 Å². The van der Waals surface area contributed by atoms with Crippen molar-refractivity contribution in [2.24, 2.45) is 11.3 Å². The maximum atomic E-state index is 14.4. The smallest absolute Gasteiger partial charge is 0.318 e. The average molecular weight is 651 g/mol. The van der Waals surface area contributed by atoms with Gasteiger partial charge in [0.05, 0.1) is 11.1 Å². The Bertz CT molecular complexity index is 1440. The third-order valence-corrected chi connectivity index (χ3v) is 10.9. The summed E-state index contributed by atoms with van der Waals surface area (Å²) in [7, 11) is 0. The van der Waals surface area contributed by atoms with E-state index in [1.165, 1.54) is 37.4 Å². The highest BCUT2D eigenvalue weighted by molar-refractivity contribution is 5.97. The maximum Gasteiger partial charge on any atom is 0.318 e. The lowest BCUT2D eigenvalue weighted by Crippen LogP contribution is -2.61. The van der Waals surface area contributed by atoms with Gasteiger partial charge in [0, 0.05) is 49.7 Å². The summed E-state index contributed by atoms with van der Waals surface area (Å²) in [6.45, 7) is 17.8. The number of amides is 3. The SMILES string of the molecule is CC(C)N1CC2(CCC(CN3CCC4(CC3)CN(c3ncnnc3Oc3ccc(F)cc3C(=O)N(C(C)C)C(C)C)C4)CC2)NC1=O. The first kappa shape index (κ1) is 33.4. The molecule has 4 heterocycles. The Balaban J connectivity index is 1.03. The summed E-state index contributed by atoms with van der Waals surface area (Å²) in [5.74, 6) is 0.914. The lowest BCUT2D eigenvalue weighted by atomic mass is 9.71. The first-order valence-electron chi connectivity index (χ1n) is 17.4. The standard InChI is InChI=1S/C35H51FN8O3/c1-23(2)43-21-35(39-33(43)46)11-9-26(10-12-35)18-41-15-13-34(14-16-41)19-42(20-34)30-31(40-38-22-37-30)47-29-8-7-27(36)17-28(29)32(45)44(24(3)4)25(5)6/h7-8,17,22-26H,9-16,18-21H2,1-6H3,(H,39,46). The lowest BCUT2D eigenvalue weighted by molar-refractivity contribution is 0.0581. The minimum Gasteiger partial charge on any atom is -0.434 e. The molecule has 4 fully saturated rings. The predicted molar refractivity (Wildman–Crippen MR) is 178 cm³/mol. The zero-order valence-corrected chi connectivity index (χ0v) is 28.8. The van der Waals surface area contributed by atoms with Crippen LogP contribution in [-0.2, 0) is 0 Å². The van der Waals surface area contributed by atoms with E-state index >= 15 is 0 Å². The van der Waals surface area contributed by atoms with E-state index in [0.717, 1.165) is 65.0 Å². The van der Waals surface area contributed by atoms with Gasteiger partial charge in [-0.1, -0.05) is 0 Å². The highest BCUT2D eigenvalue weighted by Crippen LogP contribution is 2.45. The molecular formula is C35H51FN8O3. The number of carbonyl (C=O) groups excluding carboxylic acids is 2. The van der Waals surface area contributed by atoms with Gasteiger partial charge in [-0.05, 0) is 117 Å². The normalized spacial score (nSPS) is 24.4. The molecule has 3 amide bonds. The maximum absolute atomic E-state index is 14.4. The number of rotatable bonds is 9. The summed E-state index contributed by atoms with van der Waals surface area (Å²) in [6, 6.07) is 4.19. The van der Waals surface area contributed by atoms with E-state index in [4.69, 9.17) is 4.74 Å². The van der Waals surface area contributed by atoms with E-state index in [1.54, 1.807) is 4.90 Å². The fraction of sp³-hybridized carbons (Fsp3) is 0.686. The molecule has 3 aliphatic heterocycles. The summed E-state index contributed by atoms with van der Waals surface area (Å²) in [6.07, 6.45) is 8.14. The number of benzene rings is 1. The van der Waals surface area contributed by atoms with Crippen LogP contribution in [0.2, 0.25) is 0 Å². The first-order valence-corrected chi connectivity index (χ1v) is 17.4. The van der Waals surface area contributed by atoms with Crippen molar-refractivity contribution in [2.45, 2.75) is 104 Å². The molecular weight excluding hydrogens is 599 g/mol. The molecule has 12 heteroatoms. The number of piperidine rings is 1. The van der Waals surface area contributed by atoms with Gasteiger partial charge in [-0.2, -0.15) is 0 Å². The summed E-state index contributed by atoms with van der Waals surface area (Å²) < 4.78 is 20.6. The van der Waals surface area contributed by atoms with Crippen molar-refractivity contribution in [3.63, 3.8) is 0 Å². The predicted octanol–water partition coefficient (Wildman–Crippen LogP) is 5.33. The Morgan fingerprint density at radius 2 is 1.72 bits per heavy atom. The fourth-order valence-corrected chi connectivity index (χ4v) is 8.26. The Morgan fingerprint density at radius 3 is 2.34 bits per heavy atom. The molecule has 0 atom stereocenters. The Morgan fingerprint density at radius 1 is 1.04 bits per heavy atom. The molecule has 11 nitrogen and oxygen atoms in total. The Kier molecular flexibility index (Phi) is 9.34. The molecule has 1 N–H and O–H groups in total. The number of hydrogen-bond acceptors (Lipinski definition) is 8. The number of likely N-dealkylation sites (tertiary alicyclic amines) is 1. The third-order valence-electron chi connectivity index (χ3n) is 10.9. The second-order valence-electron chi connectivity index (χ2n) is 15.3. The van der Waals surface area contributed by atoms with E-state index in [1.807, 2.05) is 32.6 Å². The molecule has 3 saturated heterocycles. The number of ether oxygens (including phenoxy) is 1. The van der Waals surface area contributed by atoms with Gasteiger partial charge in [0.25, 0.3) is 11.8 Å². The van der Waals surface area contributed by atoms with Gasteiger partial charge in [-0.25, -0.2) is 14.2 Å². The van der Waals surface area contributed by atoms with Crippen LogP contribution in [0.25, 0.3) is 0 Å². The van der Waals surface area contributed by atoms with Crippen molar-refractivity contribution in [3.8, 4) is 11.6 Å². The molecule has 256 valence electrons. The summed E-state index contributed by atoms with van der Waals surface area (Å²) in [5, 5.41) is 11.5. The topological polar surface area (TPSA) is 107 Å². The van der Waals surface area contributed by atoms with Crippen LogP contribution in [0.3, 0.4) is 0 Å². The Hall–Kier alpha value is -3.54. The van der Waals surface area contributed by atoms with Gasteiger partial charge >= 0.3 is 6.03 Å². The van der Waals surface area contributed by atoms with Crippen molar-refractivity contribution in [1.29, 1.82) is 0 Å². The second-order valence-corrected chi connectivity index (χ2v) is 15.3. The van der Waals surface area contributed by atoms with Crippen molar-refractivity contribution >= 4 is 17.8 Å². The largest absolute Gasteiger partial charge is 0.434 e. The molecule has 1 aliphatic carbocycles. The highest BCUT2D eigenvalue weighted by atomic mass is 19.1. The van der Waals surface area contributed by atoms with Crippen LogP contribution in [0.5, 0.6) is 11.6 Å². The molecule has 1 aromatic heterocycles. The zero-order valence-electron chi connectivity index (χ0n) is 28.8. The van der Waals surface area contributed by atoms with Crippen LogP contribution in [0.15, 0.2) is 24.5 Å². The van der Waals surface area contributed by atoms with Crippen LogP contribution in [-0.4, -0.2) is 105 Å². The van der Waals surface area contributed by atoms with Crippen molar-refractivity contribution in [1.82, 2.24) is 35.2 Å².